The number of nitrogens with one attached hydrogen (secondary N) is 1. The van der Waals surface area contributed by atoms with Crippen molar-refractivity contribution in [1.29, 1.82) is 0 Å². The smallest absolute Gasteiger partial charge is 0.194 e. The summed E-state index contributed by atoms with van der Waals surface area (Å²) in [4.78, 5) is 0. The molecule has 0 saturated carbocycles. The van der Waals surface area contributed by atoms with Gasteiger partial charge in [0.25, 0.3) is 0 Å². The maximum absolute atomic E-state index is 14.1. The van der Waals surface area contributed by atoms with Crippen molar-refractivity contribution in [3.8, 4) is 11.3 Å². The fourth-order valence-electron chi connectivity index (χ4n) is 5.52. The molecule has 0 bridgehead atoms. The summed E-state index contributed by atoms with van der Waals surface area (Å²) in [5.74, 6) is -4.28. The molecular formula is C35H33F3N4O5. The quantitative estimate of drug-likeness (QED) is 0.119. The zero-order valence-electron chi connectivity index (χ0n) is 25.2. The van der Waals surface area contributed by atoms with E-state index in [-0.39, 0.29) is 31.1 Å². The highest BCUT2D eigenvalue weighted by molar-refractivity contribution is 5.58. The predicted molar refractivity (Wildman–Crippen MR) is 164 cm³/mol. The van der Waals surface area contributed by atoms with Crippen molar-refractivity contribution in [3.05, 3.63) is 143 Å². The predicted octanol–water partition coefficient (Wildman–Crippen LogP) is 5.99. The molecule has 0 radical (unpaired) electrons. The minimum absolute atomic E-state index is 0.0113. The molecule has 0 aliphatic carbocycles. The van der Waals surface area contributed by atoms with E-state index in [9.17, 15) is 18.4 Å². The van der Waals surface area contributed by atoms with Crippen LogP contribution in [0.3, 0.4) is 0 Å². The molecule has 47 heavy (non-hydrogen) atoms. The molecule has 4 aromatic carbocycles. The molecule has 1 saturated heterocycles. The van der Waals surface area contributed by atoms with Gasteiger partial charge < -0.3 is 24.2 Å². The molecule has 2 heterocycles. The lowest BCUT2D eigenvalue weighted by Gasteiger charge is -2.45. The van der Waals surface area contributed by atoms with Crippen molar-refractivity contribution < 1.29 is 37.3 Å². The van der Waals surface area contributed by atoms with Gasteiger partial charge in [0.2, 0.25) is 0 Å². The van der Waals surface area contributed by atoms with E-state index in [1.54, 1.807) is 0 Å². The van der Waals surface area contributed by atoms with Crippen LogP contribution < -0.4 is 5.48 Å². The van der Waals surface area contributed by atoms with Crippen molar-refractivity contribution in [2.45, 2.75) is 50.4 Å². The Balaban J connectivity index is 1.35. The number of hydrogen-bond acceptors (Lipinski definition) is 8. The molecular weight excluding hydrogens is 613 g/mol. The van der Waals surface area contributed by atoms with Crippen LogP contribution in [-0.2, 0) is 38.8 Å². The molecule has 12 heteroatoms. The summed E-state index contributed by atoms with van der Waals surface area (Å²) >= 11 is 0. The van der Waals surface area contributed by atoms with Gasteiger partial charge in [-0.3, -0.25) is 0 Å². The van der Waals surface area contributed by atoms with Gasteiger partial charge in [0.1, 0.15) is 30.0 Å². The normalized spacial score (nSPS) is 21.1. The van der Waals surface area contributed by atoms with Crippen LogP contribution in [0.25, 0.3) is 11.3 Å². The van der Waals surface area contributed by atoms with E-state index in [2.05, 4.69) is 15.8 Å². The zero-order valence-corrected chi connectivity index (χ0v) is 25.2. The van der Waals surface area contributed by atoms with Crippen LogP contribution >= 0.6 is 0 Å². The van der Waals surface area contributed by atoms with E-state index in [0.29, 0.717) is 6.61 Å². The van der Waals surface area contributed by atoms with Crippen molar-refractivity contribution in [2.75, 3.05) is 6.61 Å². The standard InChI is InChI=1S/C35H33F3N4O5/c36-27-16-26(17-28(37)31(27)38)29-18-42(41-39-29)32-33(45-20-24-12-6-2-7-13-24)30(22-44-19-23-10-4-1-5-11-23)47-35(40-43)34(32)46-21-25-14-8-3-9-15-25/h1-18,30,32-35,40,43H,19-22H2/t30?,32?,33-,34?,35?/m0/s1. The average molecular weight is 647 g/mol. The second-order valence-corrected chi connectivity index (χ2v) is 11.1. The largest absolute Gasteiger partial charge is 0.374 e. The van der Waals surface area contributed by atoms with Crippen LogP contribution in [0.5, 0.6) is 0 Å². The fourth-order valence-corrected chi connectivity index (χ4v) is 5.52. The Hall–Kier alpha value is -4.43. The maximum atomic E-state index is 14.1. The second kappa shape index (κ2) is 15.4. The summed E-state index contributed by atoms with van der Waals surface area (Å²) in [7, 11) is 0. The summed E-state index contributed by atoms with van der Waals surface area (Å²) in [6.45, 7) is 0.723. The van der Waals surface area contributed by atoms with E-state index in [0.717, 1.165) is 28.8 Å². The monoisotopic (exact) mass is 646 g/mol. The number of halogens is 3. The molecule has 5 aromatic rings. The first-order valence-corrected chi connectivity index (χ1v) is 15.0. The Bertz CT molecular complexity index is 1690. The number of hydrogen-bond donors (Lipinski definition) is 2. The molecule has 9 nitrogen and oxygen atoms in total. The van der Waals surface area contributed by atoms with Gasteiger partial charge in [0.15, 0.2) is 23.7 Å². The minimum Gasteiger partial charge on any atom is -0.374 e. The first-order chi connectivity index (χ1) is 23.0. The van der Waals surface area contributed by atoms with Crippen LogP contribution in [0.2, 0.25) is 0 Å². The lowest BCUT2D eigenvalue weighted by molar-refractivity contribution is -0.263. The molecule has 1 fully saturated rings. The third-order valence-corrected chi connectivity index (χ3v) is 7.85. The van der Waals surface area contributed by atoms with Gasteiger partial charge in [-0.15, -0.1) is 5.10 Å². The molecule has 244 valence electrons. The minimum atomic E-state index is -1.58. The van der Waals surface area contributed by atoms with Crippen LogP contribution in [0.15, 0.2) is 109 Å². The summed E-state index contributed by atoms with van der Waals surface area (Å²) in [6.07, 6.45) is -2.05. The number of ether oxygens (including phenoxy) is 4. The topological polar surface area (TPSA) is 99.9 Å². The fraction of sp³-hybridized carbons (Fsp3) is 0.257. The molecule has 0 amide bonds. The van der Waals surface area contributed by atoms with Gasteiger partial charge in [-0.25, -0.2) is 17.9 Å². The molecule has 1 aliphatic rings. The van der Waals surface area contributed by atoms with Crippen molar-refractivity contribution in [2.24, 2.45) is 0 Å². The molecule has 6 rings (SSSR count). The first kappa shape index (κ1) is 32.5. The highest BCUT2D eigenvalue weighted by Crippen LogP contribution is 2.35. The van der Waals surface area contributed by atoms with Gasteiger partial charge in [-0.2, -0.15) is 5.48 Å². The highest BCUT2D eigenvalue weighted by atomic mass is 19.2. The summed E-state index contributed by atoms with van der Waals surface area (Å²) in [5, 5.41) is 18.8. The van der Waals surface area contributed by atoms with E-state index < -0.39 is 48.0 Å². The Labute approximate surface area is 269 Å². The maximum Gasteiger partial charge on any atom is 0.194 e. The third kappa shape index (κ3) is 7.93. The van der Waals surface area contributed by atoms with Crippen LogP contribution in [-0.4, -0.2) is 51.3 Å². The van der Waals surface area contributed by atoms with Gasteiger partial charge in [0.05, 0.1) is 32.6 Å². The molecule has 1 aromatic heterocycles. The summed E-state index contributed by atoms with van der Waals surface area (Å²) in [6, 6.07) is 29.5. The summed E-state index contributed by atoms with van der Waals surface area (Å²) in [5.41, 5.74) is 5.03. The van der Waals surface area contributed by atoms with Gasteiger partial charge in [-0.1, -0.05) is 96.2 Å². The number of aromatic nitrogens is 3. The zero-order chi connectivity index (χ0) is 32.6. The number of nitrogens with zero attached hydrogens (tertiary/aromatic N) is 3. The van der Waals surface area contributed by atoms with Crippen LogP contribution in [0.4, 0.5) is 13.2 Å². The van der Waals surface area contributed by atoms with Gasteiger partial charge in [0, 0.05) is 5.56 Å². The molecule has 1 aliphatic heterocycles. The molecule has 5 atom stereocenters. The lowest BCUT2D eigenvalue weighted by atomic mass is 9.94. The SMILES string of the molecule is ONC1OC(COCc2ccccc2)[C@H](OCc2ccccc2)C(n2cc(-c3cc(F)c(F)c(F)c3)nn2)C1OCc1ccccc1. The third-order valence-electron chi connectivity index (χ3n) is 7.85. The first-order valence-electron chi connectivity index (χ1n) is 15.0. The number of hydroxylamine groups is 1. The van der Waals surface area contributed by atoms with Crippen molar-refractivity contribution >= 4 is 0 Å². The Kier molecular flexibility index (Phi) is 10.7. The highest BCUT2D eigenvalue weighted by Gasteiger charge is 2.49. The Morgan fingerprint density at radius 2 is 1.28 bits per heavy atom. The molecule has 4 unspecified atom stereocenters. The van der Waals surface area contributed by atoms with Crippen LogP contribution in [0, 0.1) is 17.5 Å². The van der Waals surface area contributed by atoms with E-state index in [1.165, 1.54) is 10.9 Å². The van der Waals surface area contributed by atoms with Crippen molar-refractivity contribution in [3.63, 3.8) is 0 Å². The van der Waals surface area contributed by atoms with Crippen molar-refractivity contribution in [1.82, 2.24) is 20.5 Å². The average Bonchev–Trinajstić information content (AvgIpc) is 3.60. The van der Waals surface area contributed by atoms with Gasteiger partial charge >= 0.3 is 0 Å². The van der Waals surface area contributed by atoms with E-state index >= 15 is 0 Å². The van der Waals surface area contributed by atoms with Crippen LogP contribution in [0.1, 0.15) is 22.7 Å². The van der Waals surface area contributed by atoms with E-state index in [4.69, 9.17) is 18.9 Å². The number of benzene rings is 4. The lowest BCUT2D eigenvalue weighted by Crippen LogP contribution is -2.61. The Morgan fingerprint density at radius 3 is 1.83 bits per heavy atom. The van der Waals surface area contributed by atoms with E-state index in [1.807, 2.05) is 91.0 Å². The molecule has 0 spiro atoms. The molecule has 2 N–H and O–H groups in total. The Morgan fingerprint density at radius 1 is 0.745 bits per heavy atom. The number of rotatable bonds is 13. The summed E-state index contributed by atoms with van der Waals surface area (Å²) < 4.78 is 68.8. The van der Waals surface area contributed by atoms with Gasteiger partial charge in [-0.05, 0) is 28.8 Å². The second-order valence-electron chi connectivity index (χ2n) is 11.1.